The van der Waals surface area contributed by atoms with Crippen molar-refractivity contribution in [3.63, 3.8) is 0 Å². The van der Waals surface area contributed by atoms with E-state index in [9.17, 15) is 19.5 Å². The van der Waals surface area contributed by atoms with Gasteiger partial charge in [-0.25, -0.2) is 0 Å². The van der Waals surface area contributed by atoms with E-state index in [1.54, 1.807) is 16.7 Å². The number of nitrogens with one attached hydrogen (secondary N) is 2. The fraction of sp³-hybridized carbons (Fsp3) is 0.679. The molecular weight excluding hydrogens is 474 g/mol. The molecule has 0 aliphatic carbocycles. The van der Waals surface area contributed by atoms with Crippen LogP contribution in [0, 0.1) is 17.3 Å². The van der Waals surface area contributed by atoms with Gasteiger partial charge in [0.15, 0.2) is 0 Å². The first-order valence-corrected chi connectivity index (χ1v) is 14.0. The van der Waals surface area contributed by atoms with Gasteiger partial charge in [0.2, 0.25) is 17.7 Å². The Morgan fingerprint density at radius 3 is 2.44 bits per heavy atom. The van der Waals surface area contributed by atoms with Crippen molar-refractivity contribution in [2.24, 2.45) is 17.3 Å². The Kier molecular flexibility index (Phi) is 7.50. The predicted octanol–water partition coefficient (Wildman–Crippen LogP) is 3.82. The molecule has 1 aromatic rings. The number of anilines is 1. The van der Waals surface area contributed by atoms with Crippen LogP contribution < -0.4 is 10.6 Å². The number of hydrogen-bond acceptors (Lipinski definition) is 5. The Morgan fingerprint density at radius 1 is 1.11 bits per heavy atom. The van der Waals surface area contributed by atoms with Gasteiger partial charge < -0.3 is 20.6 Å². The first kappa shape index (κ1) is 27.0. The number of aliphatic hydroxyl groups excluding tert-OH is 1. The molecule has 8 heteroatoms. The average molecular weight is 516 g/mol. The molecule has 3 aliphatic heterocycles. The van der Waals surface area contributed by atoms with Gasteiger partial charge in [-0.3, -0.25) is 14.4 Å². The Hall–Kier alpha value is -2.06. The largest absolute Gasteiger partial charge is 0.396 e. The highest BCUT2D eigenvalue weighted by Gasteiger charge is 2.73. The van der Waals surface area contributed by atoms with Crippen LogP contribution in [-0.2, 0) is 14.4 Å². The molecule has 3 amide bonds. The van der Waals surface area contributed by atoms with Gasteiger partial charge in [0.25, 0.3) is 0 Å². The fourth-order valence-corrected chi connectivity index (χ4v) is 9.13. The molecule has 2 unspecified atom stereocenters. The third-order valence-electron chi connectivity index (χ3n) is 7.63. The van der Waals surface area contributed by atoms with E-state index < -0.39 is 28.2 Å². The van der Waals surface area contributed by atoms with Crippen LogP contribution in [0.1, 0.15) is 66.7 Å². The number of rotatable bonds is 9. The van der Waals surface area contributed by atoms with E-state index in [0.717, 1.165) is 19.3 Å². The summed E-state index contributed by atoms with van der Waals surface area (Å²) in [6.45, 7) is 11.0. The van der Waals surface area contributed by atoms with Crippen LogP contribution in [0.2, 0.25) is 0 Å². The summed E-state index contributed by atoms with van der Waals surface area (Å²) in [5.74, 6) is -1.33. The van der Waals surface area contributed by atoms with E-state index in [4.69, 9.17) is 0 Å². The minimum absolute atomic E-state index is 0.0279. The normalized spacial score (nSPS) is 29.4. The molecule has 1 spiro atoms. The first-order chi connectivity index (χ1) is 16.9. The first-order valence-electron chi connectivity index (χ1n) is 13.2. The molecule has 198 valence electrons. The summed E-state index contributed by atoms with van der Waals surface area (Å²) < 4.78 is -0.596. The number of hydrogen-bond donors (Lipinski definition) is 3. The van der Waals surface area contributed by atoms with Crippen LogP contribution in [0.25, 0.3) is 0 Å². The third kappa shape index (κ3) is 5.17. The molecule has 1 aromatic carbocycles. The van der Waals surface area contributed by atoms with E-state index in [0.29, 0.717) is 25.1 Å². The number of para-hydroxylation sites is 1. The van der Waals surface area contributed by atoms with Gasteiger partial charge in [-0.2, -0.15) is 0 Å². The standard InChI is InChI=1S/C28H41N3O4S/c1-26(2,3)17-27(4,5)30-24(34)22-28-14-13-19(36-28)20(23(33)29-18-11-7-6-8-12-18)21(28)25(35)31(22)15-9-10-16-32/h6-8,11-12,19-22,32H,9-10,13-17H2,1-5H3,(H,29,33)(H,30,34)/t19-,20+,21-,22?,28?/m0/s1. The van der Waals surface area contributed by atoms with Gasteiger partial charge in [-0.05, 0) is 63.5 Å². The van der Waals surface area contributed by atoms with E-state index in [2.05, 4.69) is 31.4 Å². The molecule has 3 saturated heterocycles. The molecule has 0 aromatic heterocycles. The van der Waals surface area contributed by atoms with E-state index in [1.807, 2.05) is 44.2 Å². The number of likely N-dealkylation sites (tertiary alicyclic amines) is 1. The lowest BCUT2D eigenvalue weighted by Crippen LogP contribution is -2.58. The maximum atomic E-state index is 14.0. The number of thioether (sulfide) groups is 1. The molecule has 0 saturated carbocycles. The highest BCUT2D eigenvalue weighted by Crippen LogP contribution is 2.66. The Balaban J connectivity index is 1.63. The predicted molar refractivity (Wildman–Crippen MR) is 144 cm³/mol. The summed E-state index contributed by atoms with van der Waals surface area (Å²) in [6.07, 6.45) is 3.56. The monoisotopic (exact) mass is 515 g/mol. The Labute approximate surface area is 219 Å². The molecule has 4 rings (SSSR count). The second-order valence-corrected chi connectivity index (χ2v) is 14.1. The molecule has 5 atom stereocenters. The topological polar surface area (TPSA) is 98.7 Å². The fourth-order valence-electron chi connectivity index (χ4n) is 6.91. The molecule has 3 fully saturated rings. The molecule has 3 heterocycles. The zero-order valence-electron chi connectivity index (χ0n) is 22.2. The summed E-state index contributed by atoms with van der Waals surface area (Å²) >= 11 is 1.69. The minimum atomic E-state index is -0.613. The van der Waals surface area contributed by atoms with Gasteiger partial charge in [0, 0.05) is 29.6 Å². The van der Waals surface area contributed by atoms with E-state index in [1.165, 1.54) is 0 Å². The van der Waals surface area contributed by atoms with Crippen molar-refractivity contribution in [3.05, 3.63) is 30.3 Å². The molecule has 3 aliphatic rings. The van der Waals surface area contributed by atoms with Gasteiger partial charge in [-0.15, -0.1) is 11.8 Å². The SMILES string of the molecule is CC(C)(C)CC(C)(C)NC(=O)C1N(CCCCO)C(=O)[C@@H]2[C@H](C(=O)Nc3ccccc3)[C@@H]3CCC12S3. The highest BCUT2D eigenvalue weighted by molar-refractivity contribution is 8.02. The van der Waals surface area contributed by atoms with Crippen molar-refractivity contribution in [1.29, 1.82) is 0 Å². The molecular formula is C28H41N3O4S. The maximum Gasteiger partial charge on any atom is 0.244 e. The van der Waals surface area contributed by atoms with Gasteiger partial charge in [0.05, 0.1) is 16.6 Å². The molecule has 36 heavy (non-hydrogen) atoms. The smallest absolute Gasteiger partial charge is 0.244 e. The summed E-state index contributed by atoms with van der Waals surface area (Å²) in [4.78, 5) is 43.1. The molecule has 0 radical (unpaired) electrons. The Bertz CT molecular complexity index is 992. The third-order valence-corrected chi connectivity index (χ3v) is 9.59. The van der Waals surface area contributed by atoms with Crippen molar-refractivity contribution in [1.82, 2.24) is 10.2 Å². The van der Waals surface area contributed by atoms with Crippen LogP contribution >= 0.6 is 11.8 Å². The highest BCUT2D eigenvalue weighted by atomic mass is 32.2. The average Bonchev–Trinajstić information content (AvgIpc) is 3.40. The molecule has 7 nitrogen and oxygen atoms in total. The summed E-state index contributed by atoms with van der Waals surface area (Å²) in [5, 5.41) is 15.6. The van der Waals surface area contributed by atoms with E-state index >= 15 is 0 Å². The van der Waals surface area contributed by atoms with Crippen LogP contribution in [0.4, 0.5) is 5.69 Å². The second-order valence-electron chi connectivity index (χ2n) is 12.5. The summed E-state index contributed by atoms with van der Waals surface area (Å²) in [5.41, 5.74) is 0.313. The molecule has 2 bridgehead atoms. The van der Waals surface area contributed by atoms with Gasteiger partial charge in [0.1, 0.15) is 6.04 Å². The summed E-state index contributed by atoms with van der Waals surface area (Å²) in [6, 6.07) is 8.72. The lowest BCUT2D eigenvalue weighted by molar-refractivity contribution is -0.139. The molecule has 3 N–H and O–H groups in total. The minimum Gasteiger partial charge on any atom is -0.396 e. The Morgan fingerprint density at radius 2 is 1.81 bits per heavy atom. The van der Waals surface area contributed by atoms with Crippen LogP contribution in [0.15, 0.2) is 30.3 Å². The number of fused-ring (bicyclic) bond motifs is 1. The van der Waals surface area contributed by atoms with Crippen molar-refractivity contribution in [2.45, 2.75) is 88.3 Å². The van der Waals surface area contributed by atoms with Gasteiger partial charge in [-0.1, -0.05) is 39.0 Å². The lowest BCUT2D eigenvalue weighted by atomic mass is 9.70. The second kappa shape index (κ2) is 10.0. The number of carbonyl (C=O) groups is 3. The van der Waals surface area contributed by atoms with Crippen LogP contribution in [0.5, 0.6) is 0 Å². The number of nitrogens with zero attached hydrogens (tertiary/aromatic N) is 1. The van der Waals surface area contributed by atoms with Gasteiger partial charge >= 0.3 is 0 Å². The number of amides is 3. The lowest BCUT2D eigenvalue weighted by Gasteiger charge is -2.38. The number of carbonyl (C=O) groups excluding carboxylic acids is 3. The number of benzene rings is 1. The van der Waals surface area contributed by atoms with Crippen molar-refractivity contribution in [3.8, 4) is 0 Å². The van der Waals surface area contributed by atoms with E-state index in [-0.39, 0.29) is 35.0 Å². The maximum absolute atomic E-state index is 14.0. The zero-order chi connectivity index (χ0) is 26.3. The van der Waals surface area contributed by atoms with Crippen molar-refractivity contribution in [2.75, 3.05) is 18.5 Å². The number of aliphatic hydroxyl groups is 1. The van der Waals surface area contributed by atoms with Crippen LogP contribution in [-0.4, -0.2) is 62.5 Å². The van der Waals surface area contributed by atoms with Crippen LogP contribution in [0.3, 0.4) is 0 Å². The zero-order valence-corrected chi connectivity index (χ0v) is 23.0. The number of unbranched alkanes of at least 4 members (excludes halogenated alkanes) is 1. The quantitative estimate of drug-likeness (QED) is 0.434. The van der Waals surface area contributed by atoms with Crippen molar-refractivity contribution < 1.29 is 19.5 Å². The van der Waals surface area contributed by atoms with Crippen molar-refractivity contribution >= 4 is 35.2 Å². The summed E-state index contributed by atoms with van der Waals surface area (Å²) in [7, 11) is 0.